The number of H-pyrrole nitrogens is 1. The summed E-state index contributed by atoms with van der Waals surface area (Å²) in [6, 6.07) is 2.40. The predicted octanol–water partition coefficient (Wildman–Crippen LogP) is -1.48. The van der Waals surface area contributed by atoms with E-state index in [1.165, 1.54) is 0 Å². The topological polar surface area (TPSA) is 315 Å². The van der Waals surface area contributed by atoms with Gasteiger partial charge in [-0.05, 0) is 5.56 Å². The number of amides is 8. The molecule has 0 saturated carbocycles. The number of hydrazine groups is 1. The van der Waals surface area contributed by atoms with Crippen LogP contribution in [0, 0.1) is 0 Å². The summed E-state index contributed by atoms with van der Waals surface area (Å²) < 4.78 is 45.9. The van der Waals surface area contributed by atoms with Gasteiger partial charge in [0, 0.05) is 25.7 Å². The lowest BCUT2D eigenvalue weighted by Crippen LogP contribution is -2.76. The Balaban J connectivity index is 1.61. The van der Waals surface area contributed by atoms with Crippen molar-refractivity contribution in [2.75, 3.05) is 19.7 Å². The molecule has 2 aromatic rings. The number of nitrogens with two attached hydrogens (primary N) is 1. The van der Waals surface area contributed by atoms with E-state index < -0.39 is 101 Å². The lowest BCUT2D eigenvalue weighted by molar-refractivity contribution is -0.149. The molecule has 3 atom stereocenters. The number of alkyl carbamates (subject to hydrolysis) is 1. The van der Waals surface area contributed by atoms with E-state index in [2.05, 4.69) is 25.1 Å². The van der Waals surface area contributed by atoms with Crippen LogP contribution in [0.3, 0.4) is 0 Å². The van der Waals surface area contributed by atoms with Crippen LogP contribution in [-0.2, 0) is 40.6 Å². The van der Waals surface area contributed by atoms with Gasteiger partial charge in [-0.2, -0.15) is 8.42 Å². The number of rotatable bonds is 10. The molecule has 3 unspecified atom stereocenters. The zero-order chi connectivity index (χ0) is 36.7. The second kappa shape index (κ2) is 15.1. The number of aromatic hydroxyl groups is 1. The van der Waals surface area contributed by atoms with Crippen molar-refractivity contribution in [2.45, 2.75) is 31.9 Å². The van der Waals surface area contributed by atoms with Crippen molar-refractivity contribution in [3.05, 3.63) is 64.1 Å². The number of carbonyl (C=O) groups is 7. The highest BCUT2D eigenvalue weighted by Crippen LogP contribution is 2.25. The Bertz CT molecular complexity index is 1850. The number of aromatic amines is 1. The summed E-state index contributed by atoms with van der Waals surface area (Å²) in [5.41, 5.74) is 5.37. The Labute approximate surface area is 280 Å². The monoisotopic (exact) mass is 724 g/mol. The highest BCUT2D eigenvalue weighted by Gasteiger charge is 2.56. The van der Waals surface area contributed by atoms with Crippen LogP contribution in [0.1, 0.15) is 23.0 Å². The standard InChI is InChI=1S/C26H28N8O15S/c1-13(48-22(27)39)49-26(43)47-12-16-19(30-24(41)46-11-14-5-3-2-4-6-14)21(38)33(16)25(42)34(50(44,45)32-8-7-28-23(32)40)31-20(37)15-9-17(35)18(36)10-29-15/h2-6,9-10,13,16,19,36H,7-8,11-12H2,1H3,(H2,27,39)(H,28,40)(H,29,35)(H,30,41)(H,31,37). The molecule has 2 saturated heterocycles. The number of hydrogen-bond acceptors (Lipinski definition) is 15. The number of urea groups is 2. The first-order chi connectivity index (χ1) is 23.6. The molecule has 0 bridgehead atoms. The van der Waals surface area contributed by atoms with Crippen LogP contribution < -0.4 is 27.2 Å². The molecule has 4 rings (SSSR count). The van der Waals surface area contributed by atoms with Gasteiger partial charge in [0.1, 0.15) is 31.0 Å². The molecule has 0 aliphatic carbocycles. The third-order valence-corrected chi connectivity index (χ3v) is 8.28. The van der Waals surface area contributed by atoms with Gasteiger partial charge >= 0.3 is 40.6 Å². The van der Waals surface area contributed by atoms with Gasteiger partial charge in [-0.3, -0.25) is 19.3 Å². The zero-order valence-electron chi connectivity index (χ0n) is 25.6. The average molecular weight is 725 g/mol. The molecule has 268 valence electrons. The molecule has 50 heavy (non-hydrogen) atoms. The summed E-state index contributed by atoms with van der Waals surface area (Å²) in [7, 11) is -5.34. The first kappa shape index (κ1) is 36.2. The van der Waals surface area contributed by atoms with Crippen molar-refractivity contribution < 1.29 is 66.0 Å². The van der Waals surface area contributed by atoms with Gasteiger partial charge in [-0.25, -0.2) is 33.7 Å². The molecule has 2 aliphatic heterocycles. The smallest absolute Gasteiger partial charge is 0.503 e. The maximum Gasteiger partial charge on any atom is 0.511 e. The zero-order valence-corrected chi connectivity index (χ0v) is 26.4. The van der Waals surface area contributed by atoms with E-state index in [4.69, 9.17) is 15.2 Å². The second-order valence-electron chi connectivity index (χ2n) is 10.0. The second-order valence-corrected chi connectivity index (χ2v) is 11.7. The Hall–Kier alpha value is -6.59. The van der Waals surface area contributed by atoms with Gasteiger partial charge in [-0.1, -0.05) is 30.3 Å². The normalized spacial score (nSPS) is 17.4. The Morgan fingerprint density at radius 3 is 2.42 bits per heavy atom. The number of aromatic nitrogens is 1. The number of carbonyl (C=O) groups excluding carboxylic acids is 7. The van der Waals surface area contributed by atoms with Crippen molar-refractivity contribution in [3.63, 3.8) is 0 Å². The van der Waals surface area contributed by atoms with E-state index in [0.717, 1.165) is 6.92 Å². The first-order valence-electron chi connectivity index (χ1n) is 14.1. The number of β-lactam (4-membered cyclic amide) rings is 1. The molecule has 3 heterocycles. The minimum absolute atomic E-state index is 0.148. The number of nitrogens with one attached hydrogen (secondary N) is 4. The summed E-state index contributed by atoms with van der Waals surface area (Å²) in [6.07, 6.45) is -4.88. The fraction of sp³-hybridized carbons (Fsp3) is 0.308. The van der Waals surface area contributed by atoms with Crippen molar-refractivity contribution in [2.24, 2.45) is 5.73 Å². The summed E-state index contributed by atoms with van der Waals surface area (Å²) in [6.45, 7) is -0.873. The molecule has 7 N–H and O–H groups in total. The Kier molecular flexibility index (Phi) is 10.9. The van der Waals surface area contributed by atoms with E-state index in [-0.39, 0.29) is 26.8 Å². The highest BCUT2D eigenvalue weighted by molar-refractivity contribution is 7.87. The number of imide groups is 1. The van der Waals surface area contributed by atoms with Crippen molar-refractivity contribution >= 4 is 52.4 Å². The molecule has 0 radical (unpaired) electrons. The van der Waals surface area contributed by atoms with Crippen LogP contribution in [0.25, 0.3) is 0 Å². The minimum atomic E-state index is -5.34. The summed E-state index contributed by atoms with van der Waals surface area (Å²) in [5, 5.41) is 13.8. The Morgan fingerprint density at radius 1 is 1.10 bits per heavy atom. The molecule has 8 amide bonds. The SMILES string of the molecule is CC(OC(N)=O)OC(=O)OCC1C(NC(=O)OCc2ccccc2)C(=O)N1C(=O)N(NC(=O)c1cc(=O)c(O)c[nH]1)S(=O)(=O)N1CCNC1=O. The van der Waals surface area contributed by atoms with Crippen LogP contribution >= 0.6 is 0 Å². The summed E-state index contributed by atoms with van der Waals surface area (Å²) in [5.74, 6) is -3.57. The molecule has 2 fully saturated rings. The number of benzene rings is 1. The van der Waals surface area contributed by atoms with Gasteiger partial charge in [0.15, 0.2) is 5.75 Å². The van der Waals surface area contributed by atoms with Crippen LogP contribution in [0.5, 0.6) is 5.75 Å². The van der Waals surface area contributed by atoms with Crippen molar-refractivity contribution in [3.8, 4) is 5.75 Å². The number of primary amides is 1. The average Bonchev–Trinajstić information content (AvgIpc) is 3.50. The van der Waals surface area contributed by atoms with Gasteiger partial charge in [-0.15, -0.1) is 4.41 Å². The molecule has 1 aromatic carbocycles. The largest absolute Gasteiger partial charge is 0.511 e. The van der Waals surface area contributed by atoms with Gasteiger partial charge < -0.3 is 45.4 Å². The number of likely N-dealkylation sites (tertiary alicyclic amines) is 1. The van der Waals surface area contributed by atoms with Crippen molar-refractivity contribution in [1.29, 1.82) is 0 Å². The quantitative estimate of drug-likeness (QED) is 0.0535. The van der Waals surface area contributed by atoms with Crippen LogP contribution in [0.2, 0.25) is 0 Å². The Morgan fingerprint density at radius 2 is 1.80 bits per heavy atom. The van der Waals surface area contributed by atoms with E-state index in [1.54, 1.807) is 35.8 Å². The first-order valence-corrected chi connectivity index (χ1v) is 15.5. The lowest BCUT2D eigenvalue weighted by atomic mass is 9.96. The highest BCUT2D eigenvalue weighted by atomic mass is 32.2. The van der Waals surface area contributed by atoms with E-state index >= 15 is 0 Å². The van der Waals surface area contributed by atoms with Gasteiger partial charge in [0.2, 0.25) is 11.7 Å². The number of nitrogens with zero attached hydrogens (tertiary/aromatic N) is 3. The van der Waals surface area contributed by atoms with Crippen LogP contribution in [0.4, 0.5) is 24.0 Å². The van der Waals surface area contributed by atoms with E-state index in [9.17, 15) is 51.9 Å². The number of pyridine rings is 1. The fourth-order valence-corrected chi connectivity index (χ4v) is 5.61. The third-order valence-electron chi connectivity index (χ3n) is 6.67. The maximum atomic E-state index is 13.8. The molecule has 2 aliphatic rings. The molecule has 24 heteroatoms. The molecule has 1 aromatic heterocycles. The van der Waals surface area contributed by atoms with Crippen LogP contribution in [-0.4, -0.2) is 112 Å². The number of ether oxygens (including phenoxy) is 4. The molecular formula is C26H28N8O15S. The molecule has 0 spiro atoms. The number of hydrogen-bond donors (Lipinski definition) is 6. The van der Waals surface area contributed by atoms with Crippen LogP contribution in [0.15, 0.2) is 47.4 Å². The van der Waals surface area contributed by atoms with Gasteiger partial charge in [0.05, 0.1) is 6.54 Å². The van der Waals surface area contributed by atoms with Crippen molar-refractivity contribution in [1.82, 2.24) is 34.7 Å². The summed E-state index contributed by atoms with van der Waals surface area (Å²) in [4.78, 5) is 102. The van der Waals surface area contributed by atoms with E-state index in [0.29, 0.717) is 17.8 Å². The maximum absolute atomic E-state index is 13.8. The van der Waals surface area contributed by atoms with E-state index in [1.807, 2.05) is 0 Å². The third kappa shape index (κ3) is 8.27. The minimum Gasteiger partial charge on any atom is -0.503 e. The van der Waals surface area contributed by atoms with Gasteiger partial charge in [0.25, 0.3) is 11.8 Å². The molecule has 23 nitrogen and oxygen atoms in total. The lowest BCUT2D eigenvalue weighted by Gasteiger charge is -2.45. The summed E-state index contributed by atoms with van der Waals surface area (Å²) >= 11 is 0. The fourth-order valence-electron chi connectivity index (χ4n) is 4.33. The predicted molar refractivity (Wildman–Crippen MR) is 159 cm³/mol. The molecular weight excluding hydrogens is 696 g/mol.